The van der Waals surface area contributed by atoms with Crippen LogP contribution in [0.15, 0.2) is 18.3 Å². The molecular weight excluding hydrogens is 206 g/mol. The van der Waals surface area contributed by atoms with Gasteiger partial charge in [0.1, 0.15) is 5.69 Å². The van der Waals surface area contributed by atoms with Crippen molar-refractivity contribution >= 4 is 12.0 Å². The number of carbonyl (C=O) groups excluding carboxylic acids is 1. The van der Waals surface area contributed by atoms with Gasteiger partial charge in [-0.25, -0.2) is 4.79 Å². The van der Waals surface area contributed by atoms with Gasteiger partial charge in [-0.3, -0.25) is 0 Å². The minimum Gasteiger partial charge on any atom is -0.461 e. The van der Waals surface area contributed by atoms with Crippen molar-refractivity contribution in [3.8, 4) is 0 Å². The van der Waals surface area contributed by atoms with Crippen molar-refractivity contribution in [1.29, 1.82) is 0 Å². The van der Waals surface area contributed by atoms with Gasteiger partial charge in [0.15, 0.2) is 0 Å². The van der Waals surface area contributed by atoms with E-state index in [0.29, 0.717) is 18.7 Å². The topological polar surface area (TPSA) is 62.3 Å². The summed E-state index contributed by atoms with van der Waals surface area (Å²) in [6, 6.07) is 1.72. The number of esters is 1. The SMILES string of the molecule is CCOC(=O)c1cc(/C=C/CC(C)O)c[nH]1. The smallest absolute Gasteiger partial charge is 0.354 e. The summed E-state index contributed by atoms with van der Waals surface area (Å²) in [5.41, 5.74) is 1.34. The predicted molar refractivity (Wildman–Crippen MR) is 62.1 cm³/mol. The van der Waals surface area contributed by atoms with Gasteiger partial charge in [0.05, 0.1) is 12.7 Å². The van der Waals surface area contributed by atoms with Crippen molar-refractivity contribution in [3.05, 3.63) is 29.6 Å². The van der Waals surface area contributed by atoms with Crippen LogP contribution in [0.2, 0.25) is 0 Å². The molecule has 88 valence electrons. The molecule has 4 heteroatoms. The Labute approximate surface area is 94.9 Å². The van der Waals surface area contributed by atoms with E-state index in [1.807, 2.05) is 12.2 Å². The van der Waals surface area contributed by atoms with Crippen LogP contribution in [0.3, 0.4) is 0 Å². The second-order valence-corrected chi connectivity index (χ2v) is 3.55. The van der Waals surface area contributed by atoms with E-state index >= 15 is 0 Å². The third kappa shape index (κ3) is 3.90. The predicted octanol–water partition coefficient (Wildman–Crippen LogP) is 1.98. The molecule has 16 heavy (non-hydrogen) atoms. The Morgan fingerprint density at radius 1 is 1.69 bits per heavy atom. The largest absolute Gasteiger partial charge is 0.461 e. The third-order valence-electron chi connectivity index (χ3n) is 1.99. The molecule has 0 radical (unpaired) electrons. The second kappa shape index (κ2) is 6.12. The van der Waals surface area contributed by atoms with E-state index in [1.165, 1.54) is 0 Å². The van der Waals surface area contributed by atoms with E-state index < -0.39 is 0 Å². The standard InChI is InChI=1S/C12H17NO3/c1-3-16-12(15)11-7-10(8-13-11)6-4-5-9(2)14/h4,6-9,13-14H,3,5H2,1-2H3/b6-4+. The first-order chi connectivity index (χ1) is 7.63. The van der Waals surface area contributed by atoms with Gasteiger partial charge in [-0.15, -0.1) is 0 Å². The van der Waals surface area contributed by atoms with Crippen LogP contribution in [-0.2, 0) is 4.74 Å². The second-order valence-electron chi connectivity index (χ2n) is 3.55. The van der Waals surface area contributed by atoms with Gasteiger partial charge in [-0.2, -0.15) is 0 Å². The molecule has 0 aliphatic rings. The number of aromatic amines is 1. The van der Waals surface area contributed by atoms with Gasteiger partial charge in [0.25, 0.3) is 0 Å². The molecule has 0 saturated heterocycles. The lowest BCUT2D eigenvalue weighted by Crippen LogP contribution is -2.04. The molecule has 0 saturated carbocycles. The number of aliphatic hydroxyl groups excluding tert-OH is 1. The number of carbonyl (C=O) groups is 1. The van der Waals surface area contributed by atoms with E-state index in [2.05, 4.69) is 4.98 Å². The fraction of sp³-hybridized carbons (Fsp3) is 0.417. The van der Waals surface area contributed by atoms with Gasteiger partial charge >= 0.3 is 5.97 Å². The van der Waals surface area contributed by atoms with E-state index in [0.717, 1.165) is 5.56 Å². The zero-order valence-electron chi connectivity index (χ0n) is 9.56. The van der Waals surface area contributed by atoms with Crippen LogP contribution in [0.4, 0.5) is 0 Å². The first-order valence-electron chi connectivity index (χ1n) is 5.33. The summed E-state index contributed by atoms with van der Waals surface area (Å²) in [7, 11) is 0. The molecule has 4 nitrogen and oxygen atoms in total. The average molecular weight is 223 g/mol. The van der Waals surface area contributed by atoms with Crippen LogP contribution in [0.5, 0.6) is 0 Å². The molecule has 1 heterocycles. The molecule has 0 bridgehead atoms. The first kappa shape index (κ1) is 12.5. The monoisotopic (exact) mass is 223 g/mol. The summed E-state index contributed by atoms with van der Waals surface area (Å²) >= 11 is 0. The van der Waals surface area contributed by atoms with E-state index in [1.54, 1.807) is 26.1 Å². The van der Waals surface area contributed by atoms with E-state index in [9.17, 15) is 4.79 Å². The highest BCUT2D eigenvalue weighted by Crippen LogP contribution is 2.08. The quantitative estimate of drug-likeness (QED) is 0.750. The fourth-order valence-electron chi connectivity index (χ4n) is 1.24. The van der Waals surface area contributed by atoms with Crippen molar-refractivity contribution in [1.82, 2.24) is 4.98 Å². The molecule has 1 aromatic rings. The van der Waals surface area contributed by atoms with Crippen molar-refractivity contribution < 1.29 is 14.6 Å². The number of rotatable bonds is 5. The van der Waals surface area contributed by atoms with Crippen molar-refractivity contribution in [2.24, 2.45) is 0 Å². The van der Waals surface area contributed by atoms with Crippen LogP contribution < -0.4 is 0 Å². The number of hydrogen-bond acceptors (Lipinski definition) is 3. The van der Waals surface area contributed by atoms with Crippen molar-refractivity contribution in [2.45, 2.75) is 26.4 Å². The molecule has 1 rings (SSSR count). The summed E-state index contributed by atoms with van der Waals surface area (Å²) in [6.45, 7) is 3.86. The van der Waals surface area contributed by atoms with Crippen molar-refractivity contribution in [3.63, 3.8) is 0 Å². The zero-order valence-corrected chi connectivity index (χ0v) is 9.56. The molecule has 0 spiro atoms. The summed E-state index contributed by atoms with van der Waals surface area (Å²) in [5.74, 6) is -0.349. The van der Waals surface area contributed by atoms with E-state index in [-0.39, 0.29) is 12.1 Å². The van der Waals surface area contributed by atoms with Crippen molar-refractivity contribution in [2.75, 3.05) is 6.61 Å². The Morgan fingerprint density at radius 3 is 3.06 bits per heavy atom. The van der Waals surface area contributed by atoms with E-state index in [4.69, 9.17) is 9.84 Å². The number of aromatic nitrogens is 1. The Balaban J connectivity index is 2.57. The van der Waals surface area contributed by atoms with Crippen LogP contribution >= 0.6 is 0 Å². The molecule has 0 fully saturated rings. The molecule has 1 atom stereocenters. The lowest BCUT2D eigenvalue weighted by Gasteiger charge is -1.96. The maximum atomic E-state index is 11.3. The lowest BCUT2D eigenvalue weighted by atomic mass is 10.2. The Bertz CT molecular complexity index is 366. The zero-order chi connectivity index (χ0) is 12.0. The molecule has 0 aromatic carbocycles. The Morgan fingerprint density at radius 2 is 2.44 bits per heavy atom. The highest BCUT2D eigenvalue weighted by molar-refractivity contribution is 5.88. The summed E-state index contributed by atoms with van der Waals surface area (Å²) in [5, 5.41) is 9.06. The van der Waals surface area contributed by atoms with Gasteiger partial charge in [-0.05, 0) is 31.9 Å². The number of H-pyrrole nitrogens is 1. The van der Waals surface area contributed by atoms with Gasteiger partial charge in [0, 0.05) is 6.20 Å². The molecule has 0 aliphatic heterocycles. The fourth-order valence-corrected chi connectivity index (χ4v) is 1.24. The highest BCUT2D eigenvalue weighted by atomic mass is 16.5. The Kier molecular flexibility index (Phi) is 4.79. The molecule has 1 aromatic heterocycles. The Hall–Kier alpha value is -1.55. The molecule has 2 N–H and O–H groups in total. The molecule has 1 unspecified atom stereocenters. The minimum absolute atomic E-state index is 0.347. The van der Waals surface area contributed by atoms with Crippen LogP contribution in [0, 0.1) is 0 Å². The summed E-state index contributed by atoms with van der Waals surface area (Å²) < 4.78 is 4.85. The van der Waals surface area contributed by atoms with Crippen LogP contribution in [0.25, 0.3) is 6.08 Å². The highest BCUT2D eigenvalue weighted by Gasteiger charge is 2.07. The number of aliphatic hydroxyl groups is 1. The molecule has 0 amide bonds. The number of ether oxygens (including phenoxy) is 1. The lowest BCUT2D eigenvalue weighted by molar-refractivity contribution is 0.0520. The summed E-state index contributed by atoms with van der Waals surface area (Å²) in [6.07, 6.45) is 5.69. The third-order valence-corrected chi connectivity index (χ3v) is 1.99. The van der Waals surface area contributed by atoms with Crippen LogP contribution in [-0.4, -0.2) is 28.8 Å². The number of hydrogen-bond donors (Lipinski definition) is 2. The normalized spacial score (nSPS) is 12.9. The number of nitrogens with one attached hydrogen (secondary N) is 1. The first-order valence-corrected chi connectivity index (χ1v) is 5.33. The van der Waals surface area contributed by atoms with Crippen LogP contribution in [0.1, 0.15) is 36.3 Å². The van der Waals surface area contributed by atoms with Gasteiger partial charge in [-0.1, -0.05) is 12.2 Å². The molecule has 0 aliphatic carbocycles. The summed E-state index contributed by atoms with van der Waals surface area (Å²) in [4.78, 5) is 14.2. The van der Waals surface area contributed by atoms with Gasteiger partial charge in [0.2, 0.25) is 0 Å². The maximum Gasteiger partial charge on any atom is 0.354 e. The maximum absolute atomic E-state index is 11.3. The minimum atomic E-state index is -0.349. The van der Waals surface area contributed by atoms with Gasteiger partial charge < -0.3 is 14.8 Å². The average Bonchev–Trinajstić information content (AvgIpc) is 2.66. The molecular formula is C12H17NO3.